The van der Waals surface area contributed by atoms with Crippen LogP contribution in [0.5, 0.6) is 23.0 Å². The molecule has 0 bridgehead atoms. The summed E-state index contributed by atoms with van der Waals surface area (Å²) in [6.07, 6.45) is 4.00. The largest absolute Gasteiger partial charge is 0.508 e. The zero-order valence-corrected chi connectivity index (χ0v) is 16.2. The van der Waals surface area contributed by atoms with E-state index in [1.807, 2.05) is 48.6 Å². The first kappa shape index (κ1) is 19.4. The molecule has 0 spiro atoms. The van der Waals surface area contributed by atoms with Gasteiger partial charge in [-0.1, -0.05) is 43.3 Å². The molecule has 0 saturated carbocycles. The highest BCUT2D eigenvalue weighted by Crippen LogP contribution is 2.38. The summed E-state index contributed by atoms with van der Waals surface area (Å²) < 4.78 is 11.1. The molecule has 0 radical (unpaired) electrons. The van der Waals surface area contributed by atoms with E-state index in [-0.39, 0.29) is 17.4 Å². The predicted molar refractivity (Wildman–Crippen MR) is 112 cm³/mol. The lowest BCUT2D eigenvalue weighted by Gasteiger charge is -2.20. The highest BCUT2D eigenvalue weighted by molar-refractivity contribution is 5.74. The van der Waals surface area contributed by atoms with E-state index in [0.29, 0.717) is 5.75 Å². The summed E-state index contributed by atoms with van der Waals surface area (Å²) in [5.41, 5.74) is 4.05. The summed E-state index contributed by atoms with van der Waals surface area (Å²) in [7, 11) is 3.28. The minimum atomic E-state index is 0.0425. The van der Waals surface area contributed by atoms with Crippen molar-refractivity contribution in [2.24, 2.45) is 0 Å². The van der Waals surface area contributed by atoms with Crippen molar-refractivity contribution in [3.8, 4) is 23.0 Å². The molecule has 0 aliphatic rings. The van der Waals surface area contributed by atoms with E-state index in [2.05, 4.69) is 6.92 Å². The van der Waals surface area contributed by atoms with E-state index >= 15 is 0 Å². The molecule has 28 heavy (non-hydrogen) atoms. The number of aromatic hydroxyl groups is 2. The highest BCUT2D eigenvalue weighted by atomic mass is 16.5. The van der Waals surface area contributed by atoms with Gasteiger partial charge in [0.1, 0.15) is 23.0 Å². The SMILES string of the molecule is COc1cc(/C=C/c2ccc(O)cc2)c(C(C)c2ccc(O)cc2)c(OC)c1. The van der Waals surface area contributed by atoms with Crippen LogP contribution in [0.2, 0.25) is 0 Å². The first-order valence-electron chi connectivity index (χ1n) is 9.03. The third-order valence-electron chi connectivity index (χ3n) is 4.78. The van der Waals surface area contributed by atoms with Gasteiger partial charge in [0.25, 0.3) is 0 Å². The number of benzene rings is 3. The summed E-state index contributed by atoms with van der Waals surface area (Å²) in [4.78, 5) is 0. The van der Waals surface area contributed by atoms with Gasteiger partial charge < -0.3 is 19.7 Å². The lowest BCUT2D eigenvalue weighted by atomic mass is 9.88. The molecule has 1 atom stereocenters. The smallest absolute Gasteiger partial charge is 0.126 e. The van der Waals surface area contributed by atoms with Crippen LogP contribution in [-0.4, -0.2) is 24.4 Å². The van der Waals surface area contributed by atoms with Crippen molar-refractivity contribution in [1.29, 1.82) is 0 Å². The molecule has 0 aromatic heterocycles. The van der Waals surface area contributed by atoms with Crippen LogP contribution >= 0.6 is 0 Å². The quantitative estimate of drug-likeness (QED) is 0.563. The summed E-state index contributed by atoms with van der Waals surface area (Å²) in [5, 5.41) is 19.1. The van der Waals surface area contributed by atoms with E-state index in [9.17, 15) is 10.2 Å². The Balaban J connectivity index is 2.08. The lowest BCUT2D eigenvalue weighted by Crippen LogP contribution is -2.03. The van der Waals surface area contributed by atoms with Crippen LogP contribution in [0.15, 0.2) is 60.7 Å². The van der Waals surface area contributed by atoms with Gasteiger partial charge in [0.2, 0.25) is 0 Å². The maximum absolute atomic E-state index is 9.59. The molecule has 144 valence electrons. The third kappa shape index (κ3) is 4.29. The van der Waals surface area contributed by atoms with Crippen molar-refractivity contribution in [2.75, 3.05) is 14.2 Å². The van der Waals surface area contributed by atoms with Crippen LogP contribution in [0, 0.1) is 0 Å². The molecule has 0 fully saturated rings. The Kier molecular flexibility index (Phi) is 5.90. The minimum absolute atomic E-state index is 0.0425. The molecule has 0 amide bonds. The van der Waals surface area contributed by atoms with Crippen molar-refractivity contribution in [3.05, 3.63) is 82.9 Å². The second-order valence-corrected chi connectivity index (χ2v) is 6.57. The average molecular weight is 376 g/mol. The monoisotopic (exact) mass is 376 g/mol. The number of rotatable bonds is 6. The zero-order chi connectivity index (χ0) is 20.1. The molecule has 0 aliphatic carbocycles. The Morgan fingerprint density at radius 3 is 1.96 bits per heavy atom. The second-order valence-electron chi connectivity index (χ2n) is 6.57. The van der Waals surface area contributed by atoms with Gasteiger partial charge in [0.05, 0.1) is 14.2 Å². The average Bonchev–Trinajstić information content (AvgIpc) is 2.72. The highest BCUT2D eigenvalue weighted by Gasteiger charge is 2.19. The number of hydrogen-bond acceptors (Lipinski definition) is 4. The molecule has 0 aliphatic heterocycles. The molecule has 1 unspecified atom stereocenters. The van der Waals surface area contributed by atoms with Crippen LogP contribution in [-0.2, 0) is 0 Å². The summed E-state index contributed by atoms with van der Waals surface area (Å²) in [6, 6.07) is 18.1. The fourth-order valence-corrected chi connectivity index (χ4v) is 3.21. The normalized spacial score (nSPS) is 12.1. The fraction of sp³-hybridized carbons (Fsp3) is 0.167. The Morgan fingerprint density at radius 1 is 0.786 bits per heavy atom. The predicted octanol–water partition coefficient (Wildman–Crippen LogP) is 5.44. The van der Waals surface area contributed by atoms with E-state index in [4.69, 9.17) is 9.47 Å². The third-order valence-corrected chi connectivity index (χ3v) is 4.78. The van der Waals surface area contributed by atoms with Gasteiger partial charge in [0.15, 0.2) is 0 Å². The van der Waals surface area contributed by atoms with Crippen molar-refractivity contribution < 1.29 is 19.7 Å². The van der Waals surface area contributed by atoms with Crippen molar-refractivity contribution in [3.63, 3.8) is 0 Å². The maximum Gasteiger partial charge on any atom is 0.126 e. The van der Waals surface area contributed by atoms with E-state index in [1.54, 1.807) is 38.5 Å². The minimum Gasteiger partial charge on any atom is -0.508 e. The van der Waals surface area contributed by atoms with Gasteiger partial charge in [-0.25, -0.2) is 0 Å². The van der Waals surface area contributed by atoms with E-state index in [1.165, 1.54) is 0 Å². The van der Waals surface area contributed by atoms with Crippen LogP contribution in [0.1, 0.15) is 35.1 Å². The van der Waals surface area contributed by atoms with Crippen LogP contribution in [0.4, 0.5) is 0 Å². The van der Waals surface area contributed by atoms with Crippen LogP contribution < -0.4 is 9.47 Å². The first-order valence-corrected chi connectivity index (χ1v) is 9.03. The van der Waals surface area contributed by atoms with Crippen LogP contribution in [0.25, 0.3) is 12.2 Å². The van der Waals surface area contributed by atoms with Gasteiger partial charge in [-0.2, -0.15) is 0 Å². The van der Waals surface area contributed by atoms with Gasteiger partial charge >= 0.3 is 0 Å². The summed E-state index contributed by atoms with van der Waals surface area (Å²) in [6.45, 7) is 2.11. The molecule has 0 saturated heterocycles. The van der Waals surface area contributed by atoms with Gasteiger partial charge in [0, 0.05) is 17.5 Å². The molecule has 3 aromatic rings. The van der Waals surface area contributed by atoms with Gasteiger partial charge in [-0.3, -0.25) is 0 Å². The molecule has 0 heterocycles. The van der Waals surface area contributed by atoms with Crippen molar-refractivity contribution >= 4 is 12.2 Å². The number of methoxy groups -OCH3 is 2. The fourth-order valence-electron chi connectivity index (χ4n) is 3.21. The second kappa shape index (κ2) is 8.53. The number of ether oxygens (including phenoxy) is 2. The molecule has 3 rings (SSSR count). The van der Waals surface area contributed by atoms with Crippen molar-refractivity contribution in [1.82, 2.24) is 0 Å². The molecular formula is C24H24O4. The van der Waals surface area contributed by atoms with Gasteiger partial charge in [-0.05, 0) is 47.0 Å². The lowest BCUT2D eigenvalue weighted by molar-refractivity contribution is 0.390. The van der Waals surface area contributed by atoms with Crippen LogP contribution in [0.3, 0.4) is 0 Å². The number of hydrogen-bond donors (Lipinski definition) is 2. The Hall–Kier alpha value is -3.40. The molecule has 2 N–H and O–H groups in total. The topological polar surface area (TPSA) is 58.9 Å². The Labute approximate surface area is 165 Å². The standard InChI is InChI=1S/C24H24O4/c1-16(18-8-12-21(26)13-9-18)24-19(14-22(27-2)15-23(24)28-3)7-4-17-5-10-20(25)11-6-17/h4-16,25-26H,1-3H3/b7-4+. The number of phenols is 2. The molecular weight excluding hydrogens is 352 g/mol. The first-order chi connectivity index (χ1) is 13.5. The number of phenolic OH excluding ortho intramolecular Hbond substituents is 2. The zero-order valence-electron chi connectivity index (χ0n) is 16.2. The molecule has 4 heteroatoms. The molecule has 3 aromatic carbocycles. The molecule has 4 nitrogen and oxygen atoms in total. The Bertz CT molecular complexity index is 957. The van der Waals surface area contributed by atoms with E-state index in [0.717, 1.165) is 28.0 Å². The summed E-state index contributed by atoms with van der Waals surface area (Å²) in [5.74, 6) is 1.97. The maximum atomic E-state index is 9.59. The van der Waals surface area contributed by atoms with E-state index < -0.39 is 0 Å². The van der Waals surface area contributed by atoms with Gasteiger partial charge in [-0.15, -0.1) is 0 Å². The summed E-state index contributed by atoms with van der Waals surface area (Å²) >= 11 is 0. The van der Waals surface area contributed by atoms with Crippen molar-refractivity contribution in [2.45, 2.75) is 12.8 Å². The Morgan fingerprint density at radius 2 is 1.39 bits per heavy atom.